The SMILES string of the molecule is COc1ccccc1C=NC1(OC(C)=O)C[C@@H](OC(C)=O)[C@H](OC(C)=O)[C@@H](COC(C)=O)O1. The Morgan fingerprint density at radius 2 is 1.70 bits per heavy atom. The number of carbonyl (C=O) groups is 4. The molecule has 1 heterocycles. The largest absolute Gasteiger partial charge is 0.496 e. The lowest BCUT2D eigenvalue weighted by molar-refractivity contribution is -0.309. The summed E-state index contributed by atoms with van der Waals surface area (Å²) in [5.41, 5.74) is 0.554. The molecule has 0 saturated carbocycles. The van der Waals surface area contributed by atoms with E-state index in [0.29, 0.717) is 11.3 Å². The van der Waals surface area contributed by atoms with Crippen molar-refractivity contribution in [2.24, 2.45) is 4.99 Å². The number of para-hydroxylation sites is 1. The van der Waals surface area contributed by atoms with Crippen LogP contribution in [0.5, 0.6) is 5.75 Å². The van der Waals surface area contributed by atoms with Crippen LogP contribution in [0.2, 0.25) is 0 Å². The summed E-state index contributed by atoms with van der Waals surface area (Å²) in [7, 11) is 1.49. The van der Waals surface area contributed by atoms with Crippen LogP contribution in [0.1, 0.15) is 39.7 Å². The van der Waals surface area contributed by atoms with Crippen LogP contribution in [0, 0.1) is 0 Å². The van der Waals surface area contributed by atoms with Gasteiger partial charge in [0.2, 0.25) is 0 Å². The Labute approximate surface area is 190 Å². The van der Waals surface area contributed by atoms with Crippen molar-refractivity contribution in [3.8, 4) is 5.75 Å². The normalized spacial score (nSPS) is 24.6. The van der Waals surface area contributed by atoms with Gasteiger partial charge in [0, 0.05) is 39.5 Å². The van der Waals surface area contributed by atoms with Gasteiger partial charge in [-0.2, -0.15) is 0 Å². The van der Waals surface area contributed by atoms with E-state index in [9.17, 15) is 19.2 Å². The molecule has 1 aliphatic rings. The number of ether oxygens (including phenoxy) is 6. The van der Waals surface area contributed by atoms with E-state index in [2.05, 4.69) is 4.99 Å². The quantitative estimate of drug-likeness (QED) is 0.316. The van der Waals surface area contributed by atoms with E-state index in [0.717, 1.165) is 6.92 Å². The van der Waals surface area contributed by atoms with Gasteiger partial charge in [-0.25, -0.2) is 4.99 Å². The summed E-state index contributed by atoms with van der Waals surface area (Å²) in [4.78, 5) is 51.1. The first-order valence-corrected chi connectivity index (χ1v) is 10.1. The molecule has 0 spiro atoms. The van der Waals surface area contributed by atoms with Crippen LogP contribution in [0.25, 0.3) is 0 Å². The minimum absolute atomic E-state index is 0.285. The zero-order valence-corrected chi connectivity index (χ0v) is 19.1. The molecule has 0 radical (unpaired) electrons. The number of nitrogens with zero attached hydrogens (tertiary/aromatic N) is 1. The highest BCUT2D eigenvalue weighted by atomic mass is 16.8. The first-order valence-electron chi connectivity index (χ1n) is 10.1. The van der Waals surface area contributed by atoms with E-state index >= 15 is 0 Å². The highest BCUT2D eigenvalue weighted by molar-refractivity contribution is 5.83. The second kappa shape index (κ2) is 11.4. The van der Waals surface area contributed by atoms with E-state index in [4.69, 9.17) is 28.4 Å². The highest BCUT2D eigenvalue weighted by Gasteiger charge is 2.53. The molecular weight excluding hydrogens is 438 g/mol. The number of hydrogen-bond donors (Lipinski definition) is 0. The molecule has 180 valence electrons. The van der Waals surface area contributed by atoms with Crippen molar-refractivity contribution in [2.75, 3.05) is 13.7 Å². The molecular formula is C22H27NO10. The fourth-order valence-electron chi connectivity index (χ4n) is 3.30. The molecule has 33 heavy (non-hydrogen) atoms. The van der Waals surface area contributed by atoms with Crippen LogP contribution in [-0.2, 0) is 42.9 Å². The summed E-state index contributed by atoms with van der Waals surface area (Å²) in [6.07, 6.45) is -2.33. The van der Waals surface area contributed by atoms with Crippen molar-refractivity contribution in [3.05, 3.63) is 29.8 Å². The third-order valence-corrected chi connectivity index (χ3v) is 4.44. The van der Waals surface area contributed by atoms with Crippen molar-refractivity contribution in [1.29, 1.82) is 0 Å². The average molecular weight is 465 g/mol. The Morgan fingerprint density at radius 3 is 2.27 bits per heavy atom. The van der Waals surface area contributed by atoms with Gasteiger partial charge in [-0.3, -0.25) is 19.2 Å². The third-order valence-electron chi connectivity index (χ3n) is 4.44. The zero-order chi connectivity index (χ0) is 24.6. The van der Waals surface area contributed by atoms with E-state index in [1.807, 2.05) is 0 Å². The van der Waals surface area contributed by atoms with E-state index < -0.39 is 48.1 Å². The summed E-state index contributed by atoms with van der Waals surface area (Å²) >= 11 is 0. The van der Waals surface area contributed by atoms with Gasteiger partial charge in [0.15, 0.2) is 6.10 Å². The minimum atomic E-state index is -1.96. The van der Waals surface area contributed by atoms with Crippen LogP contribution < -0.4 is 4.74 Å². The van der Waals surface area contributed by atoms with E-state index in [1.165, 1.54) is 34.1 Å². The summed E-state index contributed by atoms with van der Waals surface area (Å²) in [6.45, 7) is 4.31. The first kappa shape index (κ1) is 25.8. The lowest BCUT2D eigenvalue weighted by Crippen LogP contribution is -2.59. The Hall–Kier alpha value is -3.47. The molecule has 0 N–H and O–H groups in total. The molecule has 4 atom stereocenters. The summed E-state index contributed by atoms with van der Waals surface area (Å²) < 4.78 is 32.3. The summed E-state index contributed by atoms with van der Waals surface area (Å²) in [5, 5.41) is 0. The molecule has 0 aliphatic carbocycles. The van der Waals surface area contributed by atoms with Crippen LogP contribution in [-0.4, -0.2) is 68.0 Å². The van der Waals surface area contributed by atoms with Gasteiger partial charge in [-0.1, -0.05) is 12.1 Å². The van der Waals surface area contributed by atoms with E-state index in [1.54, 1.807) is 24.3 Å². The third kappa shape index (κ3) is 7.56. The molecule has 1 aliphatic heterocycles. The number of rotatable bonds is 8. The van der Waals surface area contributed by atoms with Gasteiger partial charge in [0.05, 0.1) is 13.5 Å². The van der Waals surface area contributed by atoms with Crippen LogP contribution in [0.3, 0.4) is 0 Å². The number of esters is 4. The number of carbonyl (C=O) groups excluding carboxylic acids is 4. The Morgan fingerprint density at radius 1 is 1.03 bits per heavy atom. The second-order valence-electron chi connectivity index (χ2n) is 7.19. The Balaban J connectivity index is 2.51. The van der Waals surface area contributed by atoms with Gasteiger partial charge in [0.25, 0.3) is 0 Å². The van der Waals surface area contributed by atoms with Crippen molar-refractivity contribution in [3.63, 3.8) is 0 Å². The monoisotopic (exact) mass is 465 g/mol. The van der Waals surface area contributed by atoms with Gasteiger partial charge >= 0.3 is 29.8 Å². The molecule has 0 bridgehead atoms. The summed E-state index contributed by atoms with van der Waals surface area (Å²) in [6, 6.07) is 6.95. The Bertz CT molecular complexity index is 914. The number of hydrogen-bond acceptors (Lipinski definition) is 11. The molecule has 1 unspecified atom stereocenters. The molecule has 0 aromatic heterocycles. The maximum absolute atomic E-state index is 11.9. The maximum Gasteiger partial charge on any atom is 0.319 e. The van der Waals surface area contributed by atoms with Crippen molar-refractivity contribution >= 4 is 30.1 Å². The number of methoxy groups -OCH3 is 1. The molecule has 1 fully saturated rings. The topological polar surface area (TPSA) is 136 Å². The molecule has 2 rings (SSSR count). The second-order valence-corrected chi connectivity index (χ2v) is 7.19. The van der Waals surface area contributed by atoms with Crippen LogP contribution >= 0.6 is 0 Å². The Kier molecular flexibility index (Phi) is 8.92. The van der Waals surface area contributed by atoms with Gasteiger partial charge < -0.3 is 28.4 Å². The van der Waals surface area contributed by atoms with Crippen LogP contribution in [0.15, 0.2) is 29.3 Å². The van der Waals surface area contributed by atoms with Crippen molar-refractivity contribution in [2.45, 2.75) is 58.3 Å². The predicted octanol–water partition coefficient (Wildman–Crippen LogP) is 1.55. The first-order chi connectivity index (χ1) is 15.5. The highest BCUT2D eigenvalue weighted by Crippen LogP contribution is 2.36. The average Bonchev–Trinajstić information content (AvgIpc) is 2.72. The molecule has 0 amide bonds. The predicted molar refractivity (Wildman–Crippen MR) is 112 cm³/mol. The molecule has 1 saturated heterocycles. The fourth-order valence-corrected chi connectivity index (χ4v) is 3.30. The van der Waals surface area contributed by atoms with Crippen molar-refractivity contribution in [1.82, 2.24) is 0 Å². The fraction of sp³-hybridized carbons (Fsp3) is 0.500. The minimum Gasteiger partial charge on any atom is -0.496 e. The van der Waals surface area contributed by atoms with Crippen molar-refractivity contribution < 1.29 is 47.6 Å². The molecule has 1 aromatic rings. The number of aliphatic imine (C=N–C) groups is 1. The molecule has 1 aromatic carbocycles. The number of benzene rings is 1. The van der Waals surface area contributed by atoms with Crippen LogP contribution in [0.4, 0.5) is 0 Å². The van der Waals surface area contributed by atoms with Gasteiger partial charge in [-0.15, -0.1) is 0 Å². The standard InChI is InChI=1S/C22H27NO10/c1-13(24)29-12-20-21(31-15(3)26)19(30-14(2)25)10-22(33-20,32-16(4)27)23-11-17-8-6-7-9-18(17)28-5/h6-9,11,19-21H,10,12H2,1-5H3/t19-,20-,21+,22?/m1/s1. The smallest absolute Gasteiger partial charge is 0.319 e. The van der Waals surface area contributed by atoms with Gasteiger partial charge in [-0.05, 0) is 12.1 Å². The van der Waals surface area contributed by atoms with E-state index in [-0.39, 0.29) is 13.0 Å². The lowest BCUT2D eigenvalue weighted by Gasteiger charge is -2.43. The summed E-state index contributed by atoms with van der Waals surface area (Å²) in [5.74, 6) is -4.16. The zero-order valence-electron chi connectivity index (χ0n) is 19.1. The lowest BCUT2D eigenvalue weighted by atomic mass is 9.98. The molecule has 11 heteroatoms. The van der Waals surface area contributed by atoms with Gasteiger partial charge in [0.1, 0.15) is 24.6 Å². The maximum atomic E-state index is 11.9. The molecule has 11 nitrogen and oxygen atoms in total.